The van der Waals surface area contributed by atoms with E-state index in [1.807, 2.05) is 24.3 Å². The first-order valence-corrected chi connectivity index (χ1v) is 11.7. The molecule has 0 radical (unpaired) electrons. The molecule has 4 heterocycles. The predicted molar refractivity (Wildman–Crippen MR) is 133 cm³/mol. The summed E-state index contributed by atoms with van der Waals surface area (Å²) >= 11 is 0. The van der Waals surface area contributed by atoms with Crippen molar-refractivity contribution in [1.82, 2.24) is 9.55 Å². The molecule has 4 aromatic rings. The molecule has 1 atom stereocenters. The van der Waals surface area contributed by atoms with Gasteiger partial charge in [0.2, 0.25) is 5.60 Å². The lowest BCUT2D eigenvalue weighted by atomic mass is 9.85. The zero-order chi connectivity index (χ0) is 25.9. The molecule has 2 aromatic heterocycles. The SMILES string of the molecule is CC[C@@]1(OC(=O)c2ccccc2C#N)C(=O)OCc2c1cc1n(c2=O)Cc2cc3c(N)cccc3nc2-1. The van der Waals surface area contributed by atoms with E-state index < -0.39 is 17.5 Å². The van der Waals surface area contributed by atoms with Crippen molar-refractivity contribution < 1.29 is 19.1 Å². The van der Waals surface area contributed by atoms with E-state index in [-0.39, 0.29) is 47.4 Å². The smallest absolute Gasteiger partial charge is 0.355 e. The van der Waals surface area contributed by atoms with Crippen LogP contribution in [0.5, 0.6) is 0 Å². The van der Waals surface area contributed by atoms with Gasteiger partial charge >= 0.3 is 11.9 Å². The Balaban J connectivity index is 1.53. The van der Waals surface area contributed by atoms with E-state index in [9.17, 15) is 19.6 Å². The molecule has 0 aliphatic carbocycles. The number of nitrogens with zero attached hydrogens (tertiary/aromatic N) is 3. The average molecular weight is 492 g/mol. The van der Waals surface area contributed by atoms with Crippen LogP contribution in [0, 0.1) is 11.3 Å². The van der Waals surface area contributed by atoms with Gasteiger partial charge < -0.3 is 19.8 Å². The summed E-state index contributed by atoms with van der Waals surface area (Å²) in [5, 5.41) is 10.2. The van der Waals surface area contributed by atoms with Crippen LogP contribution in [-0.4, -0.2) is 21.5 Å². The summed E-state index contributed by atoms with van der Waals surface area (Å²) in [6.07, 6.45) is 0.0245. The Hall–Kier alpha value is -4.97. The zero-order valence-corrected chi connectivity index (χ0v) is 19.8. The molecule has 37 heavy (non-hydrogen) atoms. The molecule has 9 heteroatoms. The third-order valence-electron chi connectivity index (χ3n) is 7.09. The van der Waals surface area contributed by atoms with Crippen LogP contribution >= 0.6 is 0 Å². The second-order valence-electron chi connectivity index (χ2n) is 9.03. The molecule has 6 rings (SSSR count). The number of aromatic nitrogens is 2. The van der Waals surface area contributed by atoms with Crippen molar-refractivity contribution in [3.8, 4) is 17.5 Å². The molecular formula is C28H20N4O5. The van der Waals surface area contributed by atoms with Crippen LogP contribution in [0.15, 0.2) is 59.4 Å². The van der Waals surface area contributed by atoms with Gasteiger partial charge in [-0.1, -0.05) is 25.1 Å². The van der Waals surface area contributed by atoms with Crippen molar-refractivity contribution in [2.45, 2.75) is 32.1 Å². The standard InChI is InChI=1S/C28H20N4O5/c1-2-28(37-26(34)17-7-4-3-6-15(17)12-29)20-11-23-24-16(10-18-21(30)8-5-9-22(18)31-24)13-32(23)25(33)19(20)14-36-27(28)35/h3-11H,2,13-14,30H2,1H3/t28-/m0/s1. The van der Waals surface area contributed by atoms with Gasteiger partial charge in [-0.15, -0.1) is 0 Å². The second kappa shape index (κ2) is 8.03. The molecule has 2 N–H and O–H groups in total. The highest BCUT2D eigenvalue weighted by Crippen LogP contribution is 2.41. The van der Waals surface area contributed by atoms with Gasteiger partial charge in [-0.2, -0.15) is 5.26 Å². The first-order chi connectivity index (χ1) is 17.9. The third kappa shape index (κ3) is 3.16. The molecule has 2 aliphatic rings. The van der Waals surface area contributed by atoms with Crippen LogP contribution in [-0.2, 0) is 33.0 Å². The molecule has 9 nitrogen and oxygen atoms in total. The van der Waals surface area contributed by atoms with Crippen molar-refractivity contribution in [2.24, 2.45) is 0 Å². The van der Waals surface area contributed by atoms with E-state index in [2.05, 4.69) is 0 Å². The van der Waals surface area contributed by atoms with E-state index >= 15 is 0 Å². The van der Waals surface area contributed by atoms with E-state index in [1.165, 1.54) is 12.1 Å². The Morgan fingerprint density at radius 3 is 2.81 bits per heavy atom. The molecule has 0 saturated heterocycles. The van der Waals surface area contributed by atoms with Gasteiger partial charge in [0.1, 0.15) is 12.7 Å². The summed E-state index contributed by atoms with van der Waals surface area (Å²) in [6.45, 7) is 1.73. The number of ether oxygens (including phenoxy) is 2. The van der Waals surface area contributed by atoms with Gasteiger partial charge in [-0.25, -0.2) is 14.6 Å². The fraction of sp³-hybridized carbons (Fsp3) is 0.179. The number of nitrogens with two attached hydrogens (primary N) is 1. The number of cyclic esters (lactones) is 1. The Kier molecular flexibility index (Phi) is 4.88. The molecule has 0 unspecified atom stereocenters. The van der Waals surface area contributed by atoms with Crippen molar-refractivity contribution in [2.75, 3.05) is 5.73 Å². The van der Waals surface area contributed by atoms with Crippen molar-refractivity contribution in [1.29, 1.82) is 5.26 Å². The average Bonchev–Trinajstić information content (AvgIpc) is 3.27. The molecule has 0 saturated carbocycles. The van der Waals surface area contributed by atoms with Crippen LogP contribution in [0.1, 0.15) is 46.0 Å². The Bertz CT molecular complexity index is 1770. The molecule has 0 amide bonds. The fourth-order valence-corrected chi connectivity index (χ4v) is 5.15. The van der Waals surface area contributed by atoms with Crippen molar-refractivity contribution in [3.63, 3.8) is 0 Å². The molecular weight excluding hydrogens is 472 g/mol. The minimum absolute atomic E-state index is 0.0201. The lowest BCUT2D eigenvalue weighted by Gasteiger charge is -2.35. The molecule has 182 valence electrons. The summed E-state index contributed by atoms with van der Waals surface area (Å²) in [5.74, 6) is -1.63. The lowest BCUT2D eigenvalue weighted by molar-refractivity contribution is -0.173. The van der Waals surface area contributed by atoms with E-state index in [4.69, 9.17) is 20.2 Å². The summed E-state index contributed by atoms with van der Waals surface area (Å²) in [6, 6.07) is 17.2. The highest BCUT2D eigenvalue weighted by atomic mass is 16.6. The largest absolute Gasteiger partial charge is 0.457 e. The lowest BCUT2D eigenvalue weighted by Crippen LogP contribution is -2.47. The highest BCUT2D eigenvalue weighted by molar-refractivity contribution is 5.96. The maximum atomic E-state index is 13.6. The maximum absolute atomic E-state index is 13.6. The number of carbonyl (C=O) groups is 2. The first-order valence-electron chi connectivity index (χ1n) is 11.7. The second-order valence-corrected chi connectivity index (χ2v) is 9.03. The molecule has 0 bridgehead atoms. The number of nitriles is 1. The van der Waals surface area contributed by atoms with Gasteiger partial charge in [0.25, 0.3) is 5.56 Å². The molecule has 0 spiro atoms. The summed E-state index contributed by atoms with van der Waals surface area (Å²) in [4.78, 5) is 44.8. The van der Waals surface area contributed by atoms with Crippen LogP contribution in [0.2, 0.25) is 0 Å². The first kappa shape index (κ1) is 22.5. The number of nitrogen functional groups attached to an aromatic ring is 1. The molecule has 2 aromatic carbocycles. The third-order valence-corrected chi connectivity index (χ3v) is 7.09. The number of carbonyl (C=O) groups excluding carboxylic acids is 2. The van der Waals surface area contributed by atoms with E-state index in [0.29, 0.717) is 22.6 Å². The number of hydrogen-bond donors (Lipinski definition) is 1. The van der Waals surface area contributed by atoms with Crippen LogP contribution in [0.4, 0.5) is 5.69 Å². The van der Waals surface area contributed by atoms with E-state index in [1.54, 1.807) is 35.8 Å². The number of pyridine rings is 2. The predicted octanol–water partition coefficient (Wildman–Crippen LogP) is 3.40. The number of anilines is 1. The summed E-state index contributed by atoms with van der Waals surface area (Å²) in [5.41, 5.74) is 7.78. The number of benzene rings is 2. The van der Waals surface area contributed by atoms with E-state index in [0.717, 1.165) is 10.9 Å². The monoisotopic (exact) mass is 492 g/mol. The summed E-state index contributed by atoms with van der Waals surface area (Å²) in [7, 11) is 0. The number of esters is 2. The minimum Gasteiger partial charge on any atom is -0.457 e. The quantitative estimate of drug-likeness (QED) is 0.299. The molecule has 2 aliphatic heterocycles. The van der Waals surface area contributed by atoms with Crippen molar-refractivity contribution >= 4 is 28.5 Å². The molecule has 0 fully saturated rings. The van der Waals surface area contributed by atoms with Gasteiger partial charge in [-0.05, 0) is 42.8 Å². The normalized spacial score (nSPS) is 17.4. The van der Waals surface area contributed by atoms with Gasteiger partial charge in [0.15, 0.2) is 0 Å². The van der Waals surface area contributed by atoms with Crippen molar-refractivity contribution in [3.05, 3.63) is 92.8 Å². The van der Waals surface area contributed by atoms with Crippen LogP contribution in [0.25, 0.3) is 22.3 Å². The topological polar surface area (TPSA) is 137 Å². The highest BCUT2D eigenvalue weighted by Gasteiger charge is 2.50. The van der Waals surface area contributed by atoms with Gasteiger partial charge in [0, 0.05) is 22.2 Å². The van der Waals surface area contributed by atoms with Crippen LogP contribution < -0.4 is 11.3 Å². The number of rotatable bonds is 3. The zero-order valence-electron chi connectivity index (χ0n) is 19.8. The number of fused-ring (bicyclic) bond motifs is 5. The fourth-order valence-electron chi connectivity index (χ4n) is 5.15. The summed E-state index contributed by atoms with van der Waals surface area (Å²) < 4.78 is 12.8. The Morgan fingerprint density at radius 2 is 2.03 bits per heavy atom. The Labute approximate surface area is 210 Å². The Morgan fingerprint density at radius 1 is 1.22 bits per heavy atom. The number of hydrogen-bond acceptors (Lipinski definition) is 8. The van der Waals surface area contributed by atoms with Crippen LogP contribution in [0.3, 0.4) is 0 Å². The minimum atomic E-state index is -1.86. The van der Waals surface area contributed by atoms with Gasteiger partial charge in [-0.3, -0.25) is 4.79 Å². The van der Waals surface area contributed by atoms with Gasteiger partial charge in [0.05, 0.1) is 40.1 Å². The maximum Gasteiger partial charge on any atom is 0.355 e.